The lowest BCUT2D eigenvalue weighted by Gasteiger charge is -2.16. The Morgan fingerprint density at radius 2 is 1.56 bits per heavy atom. The van der Waals surface area contributed by atoms with Crippen molar-refractivity contribution in [2.45, 2.75) is 46.1 Å². The van der Waals surface area contributed by atoms with Crippen LogP contribution in [0.3, 0.4) is 0 Å². The Kier molecular flexibility index (Phi) is 8.77. The van der Waals surface area contributed by atoms with E-state index in [2.05, 4.69) is 27.2 Å². The molecule has 6 rings (SSSR count). The predicted molar refractivity (Wildman–Crippen MR) is 171 cm³/mol. The maximum atomic E-state index is 13.9. The topological polar surface area (TPSA) is 133 Å². The molecule has 0 amide bonds. The molecule has 12 heteroatoms. The second-order valence-corrected chi connectivity index (χ2v) is 11.4. The highest BCUT2D eigenvalue weighted by Crippen LogP contribution is 2.30. The van der Waals surface area contributed by atoms with Crippen molar-refractivity contribution in [2.75, 3.05) is 0 Å². The predicted octanol–water partition coefficient (Wildman–Crippen LogP) is 6.43. The Morgan fingerprint density at radius 1 is 0.822 bits per heavy atom. The number of aromatic nitrogens is 6. The Morgan fingerprint density at radius 3 is 2.24 bits per heavy atom. The first-order chi connectivity index (χ1) is 21.8. The maximum Gasteiger partial charge on any atom is 0.439 e. The molecule has 0 fully saturated rings. The van der Waals surface area contributed by atoms with Crippen LogP contribution in [0.25, 0.3) is 22.5 Å². The standard InChI is InChI=1S/C33H28Cl2N6O4/c1-3-7-29-36-19(2)24(17-30-37-28(39-44-30)16-25-26(34)10-6-11-27(25)35)32(42)41(29)18-20-12-14-21(15-13-20)22-8-4-5-9-23(22)31-38-33(43)45-40-31/h4-6,8-15H,3,7,16-18H2,1-2H3,(H,38,40,43). The molecule has 3 heterocycles. The van der Waals surface area contributed by atoms with Gasteiger partial charge >= 0.3 is 5.76 Å². The minimum atomic E-state index is -0.615. The Labute approximate surface area is 267 Å². The Bertz CT molecular complexity index is 2080. The van der Waals surface area contributed by atoms with Crippen molar-refractivity contribution >= 4 is 23.2 Å². The first-order valence-electron chi connectivity index (χ1n) is 14.4. The smallest absolute Gasteiger partial charge is 0.339 e. The second-order valence-electron chi connectivity index (χ2n) is 10.6. The molecule has 0 saturated heterocycles. The van der Waals surface area contributed by atoms with Crippen molar-refractivity contribution in [3.63, 3.8) is 0 Å². The maximum absolute atomic E-state index is 13.9. The summed E-state index contributed by atoms with van der Waals surface area (Å²) in [5.41, 5.74) is 5.16. The molecule has 0 aliphatic rings. The normalized spacial score (nSPS) is 11.3. The van der Waals surface area contributed by atoms with Crippen LogP contribution in [0.2, 0.25) is 10.0 Å². The number of halogens is 2. The van der Waals surface area contributed by atoms with E-state index in [9.17, 15) is 9.59 Å². The minimum absolute atomic E-state index is 0.146. The van der Waals surface area contributed by atoms with E-state index in [4.69, 9.17) is 37.2 Å². The van der Waals surface area contributed by atoms with Crippen molar-refractivity contribution in [3.8, 4) is 22.5 Å². The van der Waals surface area contributed by atoms with E-state index in [0.717, 1.165) is 28.7 Å². The number of H-pyrrole nitrogens is 1. The van der Waals surface area contributed by atoms with Crippen LogP contribution in [0.4, 0.5) is 0 Å². The molecule has 0 unspecified atom stereocenters. The van der Waals surface area contributed by atoms with Gasteiger partial charge in [-0.2, -0.15) is 4.98 Å². The summed E-state index contributed by atoms with van der Waals surface area (Å²) in [6.45, 7) is 4.22. The number of rotatable bonds is 10. The van der Waals surface area contributed by atoms with Crippen LogP contribution in [0.5, 0.6) is 0 Å². The number of aryl methyl sites for hydroxylation is 2. The summed E-state index contributed by atoms with van der Waals surface area (Å²) in [4.78, 5) is 37.4. The first-order valence-corrected chi connectivity index (χ1v) is 15.1. The summed E-state index contributed by atoms with van der Waals surface area (Å²) in [7, 11) is 0. The quantitative estimate of drug-likeness (QED) is 0.181. The number of aromatic amines is 1. The molecule has 228 valence electrons. The second kappa shape index (κ2) is 13.1. The van der Waals surface area contributed by atoms with Crippen LogP contribution in [-0.4, -0.2) is 29.8 Å². The first kappa shape index (κ1) is 30.2. The largest absolute Gasteiger partial charge is 0.439 e. The fourth-order valence-corrected chi connectivity index (χ4v) is 5.77. The fourth-order valence-electron chi connectivity index (χ4n) is 5.24. The van der Waals surface area contributed by atoms with Gasteiger partial charge in [-0.05, 0) is 47.7 Å². The third kappa shape index (κ3) is 6.52. The van der Waals surface area contributed by atoms with Crippen molar-refractivity contribution in [3.05, 3.63) is 138 Å². The molecule has 0 atom stereocenters. The average molecular weight is 644 g/mol. The van der Waals surface area contributed by atoms with E-state index in [1.807, 2.05) is 55.5 Å². The number of nitrogens with zero attached hydrogens (tertiary/aromatic N) is 5. The monoisotopic (exact) mass is 642 g/mol. The van der Waals surface area contributed by atoms with Gasteiger partial charge in [-0.1, -0.05) is 95.0 Å². The molecule has 45 heavy (non-hydrogen) atoms. The van der Waals surface area contributed by atoms with E-state index in [0.29, 0.717) is 69.6 Å². The zero-order chi connectivity index (χ0) is 31.5. The molecule has 10 nitrogen and oxygen atoms in total. The van der Waals surface area contributed by atoms with E-state index in [1.54, 1.807) is 22.8 Å². The van der Waals surface area contributed by atoms with Gasteiger partial charge in [0.2, 0.25) is 5.89 Å². The summed E-state index contributed by atoms with van der Waals surface area (Å²) in [6.07, 6.45) is 1.94. The highest BCUT2D eigenvalue weighted by molar-refractivity contribution is 6.36. The molecule has 3 aromatic carbocycles. The minimum Gasteiger partial charge on any atom is -0.339 e. The van der Waals surface area contributed by atoms with Gasteiger partial charge < -0.3 is 4.52 Å². The van der Waals surface area contributed by atoms with Gasteiger partial charge in [-0.3, -0.25) is 18.9 Å². The number of nitrogens with one attached hydrogen (secondary N) is 1. The third-order valence-corrected chi connectivity index (χ3v) is 8.19. The van der Waals surface area contributed by atoms with Crippen LogP contribution >= 0.6 is 23.2 Å². The molecule has 6 aromatic rings. The van der Waals surface area contributed by atoms with Crippen LogP contribution in [0.1, 0.15) is 53.3 Å². The third-order valence-electron chi connectivity index (χ3n) is 7.48. The van der Waals surface area contributed by atoms with Crippen molar-refractivity contribution < 1.29 is 9.05 Å². The van der Waals surface area contributed by atoms with Crippen molar-refractivity contribution in [2.24, 2.45) is 0 Å². The number of benzene rings is 3. The van der Waals surface area contributed by atoms with Gasteiger partial charge in [0.15, 0.2) is 11.6 Å². The zero-order valence-corrected chi connectivity index (χ0v) is 26.0. The summed E-state index contributed by atoms with van der Waals surface area (Å²) < 4.78 is 11.9. The molecule has 0 saturated carbocycles. The molecule has 0 radical (unpaired) electrons. The highest BCUT2D eigenvalue weighted by atomic mass is 35.5. The summed E-state index contributed by atoms with van der Waals surface area (Å²) in [5, 5.41) is 8.97. The van der Waals surface area contributed by atoms with E-state index >= 15 is 0 Å². The molecular weight excluding hydrogens is 615 g/mol. The lowest BCUT2D eigenvalue weighted by molar-refractivity contribution is 0.379. The Balaban J connectivity index is 1.27. The highest BCUT2D eigenvalue weighted by Gasteiger charge is 2.19. The van der Waals surface area contributed by atoms with Crippen LogP contribution in [0.15, 0.2) is 85.4 Å². The molecule has 3 aromatic heterocycles. The molecule has 1 N–H and O–H groups in total. The van der Waals surface area contributed by atoms with Gasteiger partial charge in [-0.25, -0.2) is 9.78 Å². The number of hydrogen-bond acceptors (Lipinski definition) is 8. The van der Waals surface area contributed by atoms with Gasteiger partial charge in [0.1, 0.15) is 5.82 Å². The summed E-state index contributed by atoms with van der Waals surface area (Å²) >= 11 is 12.6. The lowest BCUT2D eigenvalue weighted by atomic mass is 9.98. The summed E-state index contributed by atoms with van der Waals surface area (Å²) in [5.74, 6) is 1.19. The van der Waals surface area contributed by atoms with Crippen molar-refractivity contribution in [1.82, 2.24) is 29.8 Å². The molecule has 0 spiro atoms. The van der Waals surface area contributed by atoms with Crippen LogP contribution < -0.4 is 11.3 Å². The van der Waals surface area contributed by atoms with Crippen molar-refractivity contribution in [1.29, 1.82) is 0 Å². The SMILES string of the molecule is CCCc1nc(C)c(Cc2nc(Cc3c(Cl)cccc3Cl)no2)c(=O)n1Cc1ccc(-c2ccccc2-c2noc(=O)[nH]2)cc1. The molecule has 0 bridgehead atoms. The van der Waals surface area contributed by atoms with Crippen LogP contribution in [-0.2, 0) is 25.8 Å². The molecule has 0 aliphatic carbocycles. The zero-order valence-electron chi connectivity index (χ0n) is 24.5. The Hall–Kier alpha value is -4.80. The molecular formula is C33H28Cl2N6O4. The lowest BCUT2D eigenvalue weighted by Crippen LogP contribution is -2.30. The summed E-state index contributed by atoms with van der Waals surface area (Å²) in [6, 6.07) is 20.8. The number of hydrogen-bond donors (Lipinski definition) is 1. The van der Waals surface area contributed by atoms with E-state index < -0.39 is 5.76 Å². The van der Waals surface area contributed by atoms with Gasteiger partial charge in [0.25, 0.3) is 5.56 Å². The fraction of sp³-hybridized carbons (Fsp3) is 0.212. The van der Waals surface area contributed by atoms with E-state index in [-0.39, 0.29) is 12.0 Å². The average Bonchev–Trinajstić information content (AvgIpc) is 3.68. The van der Waals surface area contributed by atoms with Gasteiger partial charge in [-0.15, -0.1) is 0 Å². The van der Waals surface area contributed by atoms with E-state index in [1.165, 1.54) is 0 Å². The molecule has 0 aliphatic heterocycles. The van der Waals surface area contributed by atoms with Crippen LogP contribution in [0, 0.1) is 6.92 Å². The van der Waals surface area contributed by atoms with Gasteiger partial charge in [0, 0.05) is 39.7 Å². The van der Waals surface area contributed by atoms with Gasteiger partial charge in [0.05, 0.1) is 13.0 Å².